The van der Waals surface area contributed by atoms with Gasteiger partial charge in [-0.05, 0) is 48.6 Å². The van der Waals surface area contributed by atoms with E-state index in [1.165, 1.54) is 11.1 Å². The summed E-state index contributed by atoms with van der Waals surface area (Å²) < 4.78 is 0. The molecule has 0 heterocycles. The highest BCUT2D eigenvalue weighted by atomic mass is 14.0. The van der Waals surface area contributed by atoms with E-state index in [1.807, 2.05) is 51.2 Å². The molecule has 0 bridgehead atoms. The Morgan fingerprint density at radius 2 is 1.14 bits per heavy atom. The van der Waals surface area contributed by atoms with Gasteiger partial charge in [-0.2, -0.15) is 0 Å². The Balaban J connectivity index is 2.89. The first-order valence-corrected chi connectivity index (χ1v) is 9.88. The number of allylic oxidation sites excluding steroid dienone is 16. The highest BCUT2D eigenvalue weighted by Gasteiger charge is 1.91. The Labute approximate surface area is 177 Å². The van der Waals surface area contributed by atoms with Gasteiger partial charge in [-0.1, -0.05) is 129 Å². The van der Waals surface area contributed by atoms with Crippen LogP contribution in [0.1, 0.15) is 31.9 Å². The lowest BCUT2D eigenvalue weighted by molar-refractivity contribution is 1.55. The van der Waals surface area contributed by atoms with E-state index in [1.54, 1.807) is 6.08 Å². The molecule has 0 N–H and O–H groups in total. The number of hydrogen-bond acceptors (Lipinski definition) is 0. The van der Waals surface area contributed by atoms with Crippen LogP contribution in [0, 0.1) is 0 Å². The molecule has 0 unspecified atom stereocenters. The molecule has 1 aromatic rings. The monoisotopic (exact) mass is 380 g/mol. The molecule has 0 heteroatoms. The Kier molecular flexibility index (Phi) is 12.0. The van der Waals surface area contributed by atoms with Gasteiger partial charge >= 0.3 is 0 Å². The van der Waals surface area contributed by atoms with Gasteiger partial charge < -0.3 is 0 Å². The molecule has 148 valence electrons. The topological polar surface area (TPSA) is 0 Å². The first-order valence-electron chi connectivity index (χ1n) is 9.88. The van der Waals surface area contributed by atoms with E-state index in [4.69, 9.17) is 0 Å². The molecular weight excluding hydrogens is 348 g/mol. The van der Waals surface area contributed by atoms with Gasteiger partial charge in [-0.3, -0.25) is 0 Å². The number of hydrogen-bond donors (Lipinski definition) is 0. The zero-order chi connectivity index (χ0) is 21.3. The zero-order valence-electron chi connectivity index (χ0n) is 17.9. The predicted octanol–water partition coefficient (Wildman–Crippen LogP) is 8.59. The summed E-state index contributed by atoms with van der Waals surface area (Å²) in [6.45, 7) is 13.6. The lowest BCUT2D eigenvalue weighted by atomic mass is 10.1. The minimum absolute atomic E-state index is 1.10. The van der Waals surface area contributed by atoms with Gasteiger partial charge in [-0.25, -0.2) is 0 Å². The molecule has 0 nitrogen and oxygen atoms in total. The van der Waals surface area contributed by atoms with Crippen molar-refractivity contribution in [3.8, 4) is 0 Å². The Hall–Kier alpha value is -3.38. The van der Waals surface area contributed by atoms with Crippen LogP contribution in [-0.2, 0) is 0 Å². The van der Waals surface area contributed by atoms with Crippen LogP contribution in [0.4, 0.5) is 0 Å². The molecule has 1 aromatic carbocycles. The summed E-state index contributed by atoms with van der Waals surface area (Å²) in [5, 5.41) is 0. The molecule has 0 saturated carbocycles. The van der Waals surface area contributed by atoms with Crippen molar-refractivity contribution in [3.05, 3.63) is 144 Å². The second kappa shape index (κ2) is 14.6. The molecule has 0 aliphatic rings. The Bertz CT molecular complexity index is 886. The summed E-state index contributed by atoms with van der Waals surface area (Å²) in [5.41, 5.74) is 5.75. The molecule has 29 heavy (non-hydrogen) atoms. The normalized spacial score (nSPS) is 14.2. The predicted molar refractivity (Wildman–Crippen MR) is 134 cm³/mol. The molecule has 0 radical (unpaired) electrons. The van der Waals surface area contributed by atoms with Crippen LogP contribution >= 0.6 is 0 Å². The molecule has 0 aliphatic carbocycles. The van der Waals surface area contributed by atoms with Gasteiger partial charge in [0.2, 0.25) is 0 Å². The van der Waals surface area contributed by atoms with Crippen molar-refractivity contribution in [1.29, 1.82) is 0 Å². The SMILES string of the molecule is C=C\C=C/C(/C=C/c1ccc(\C=C/C(/C=C/C(/C=C\C)=C/C)=C\C=C)cc1)=C\C. The lowest BCUT2D eigenvalue weighted by Crippen LogP contribution is -1.77. The highest BCUT2D eigenvalue weighted by Crippen LogP contribution is 2.12. The zero-order valence-corrected chi connectivity index (χ0v) is 17.9. The lowest BCUT2D eigenvalue weighted by Gasteiger charge is -1.98. The van der Waals surface area contributed by atoms with Gasteiger partial charge in [0, 0.05) is 0 Å². The van der Waals surface area contributed by atoms with E-state index in [2.05, 4.69) is 92.1 Å². The van der Waals surface area contributed by atoms with Crippen LogP contribution < -0.4 is 0 Å². The average Bonchev–Trinajstić information content (AvgIpc) is 2.75. The van der Waals surface area contributed by atoms with E-state index >= 15 is 0 Å². The molecule has 0 spiro atoms. The van der Waals surface area contributed by atoms with E-state index in [0.717, 1.165) is 16.7 Å². The fraction of sp³-hybridized carbons (Fsp3) is 0.103. The summed E-state index contributed by atoms with van der Waals surface area (Å²) in [6, 6.07) is 8.49. The van der Waals surface area contributed by atoms with Crippen LogP contribution in [0.5, 0.6) is 0 Å². The van der Waals surface area contributed by atoms with Gasteiger partial charge in [-0.15, -0.1) is 0 Å². The maximum atomic E-state index is 3.82. The van der Waals surface area contributed by atoms with Gasteiger partial charge in [0.05, 0.1) is 0 Å². The molecule has 0 fully saturated rings. The third kappa shape index (κ3) is 9.93. The highest BCUT2D eigenvalue weighted by molar-refractivity contribution is 5.60. The number of benzene rings is 1. The summed E-state index contributed by atoms with van der Waals surface area (Å²) in [4.78, 5) is 0. The van der Waals surface area contributed by atoms with Gasteiger partial charge in [0.1, 0.15) is 0 Å². The second-order valence-corrected chi connectivity index (χ2v) is 6.24. The van der Waals surface area contributed by atoms with Crippen LogP contribution in [0.15, 0.2) is 133 Å². The van der Waals surface area contributed by atoms with Gasteiger partial charge in [0.15, 0.2) is 0 Å². The first kappa shape index (κ1) is 23.7. The van der Waals surface area contributed by atoms with Crippen LogP contribution in [0.25, 0.3) is 12.2 Å². The van der Waals surface area contributed by atoms with Crippen molar-refractivity contribution >= 4 is 12.2 Å². The minimum atomic E-state index is 1.10. The number of rotatable bonds is 10. The standard InChI is InChI=1S/C29H32/c1-6-11-14-26(10-5)16-18-28-21-23-29(24-22-28)20-19-27(13-8-3)17-15-25(9-4)12-7-2/h6-24H,1,3H2,2,4-5H3/b12-7-,14-11-,17-15+,18-16+,20-19-,25-9+,26-10+,27-13-. The third-order valence-corrected chi connectivity index (χ3v) is 4.10. The van der Waals surface area contributed by atoms with Crippen molar-refractivity contribution in [2.24, 2.45) is 0 Å². The quantitative estimate of drug-likeness (QED) is 0.356. The Morgan fingerprint density at radius 3 is 1.62 bits per heavy atom. The van der Waals surface area contributed by atoms with E-state index in [9.17, 15) is 0 Å². The van der Waals surface area contributed by atoms with Crippen molar-refractivity contribution in [1.82, 2.24) is 0 Å². The van der Waals surface area contributed by atoms with Crippen LogP contribution in [0.2, 0.25) is 0 Å². The largest absolute Gasteiger partial charge is 0.0991 e. The summed E-state index contributed by atoms with van der Waals surface area (Å²) in [7, 11) is 0. The van der Waals surface area contributed by atoms with E-state index in [-0.39, 0.29) is 0 Å². The van der Waals surface area contributed by atoms with Crippen molar-refractivity contribution in [2.45, 2.75) is 20.8 Å². The molecule has 0 aromatic heterocycles. The fourth-order valence-corrected chi connectivity index (χ4v) is 2.47. The average molecular weight is 381 g/mol. The summed E-state index contributed by atoms with van der Waals surface area (Å²) in [5.74, 6) is 0. The molecule has 1 rings (SSSR count). The van der Waals surface area contributed by atoms with Gasteiger partial charge in [0.25, 0.3) is 0 Å². The third-order valence-electron chi connectivity index (χ3n) is 4.10. The second-order valence-electron chi connectivity index (χ2n) is 6.24. The minimum Gasteiger partial charge on any atom is -0.0991 e. The fourth-order valence-electron chi connectivity index (χ4n) is 2.47. The van der Waals surface area contributed by atoms with Crippen LogP contribution in [-0.4, -0.2) is 0 Å². The van der Waals surface area contributed by atoms with Crippen molar-refractivity contribution in [2.75, 3.05) is 0 Å². The molecule has 0 saturated heterocycles. The van der Waals surface area contributed by atoms with Crippen molar-refractivity contribution in [3.63, 3.8) is 0 Å². The van der Waals surface area contributed by atoms with Crippen LogP contribution in [0.3, 0.4) is 0 Å². The molecular formula is C29H32. The first-order chi connectivity index (χ1) is 14.2. The maximum absolute atomic E-state index is 3.82. The van der Waals surface area contributed by atoms with E-state index < -0.39 is 0 Å². The molecule has 0 amide bonds. The Morgan fingerprint density at radius 1 is 0.621 bits per heavy atom. The maximum Gasteiger partial charge on any atom is -0.0256 e. The summed E-state index contributed by atoms with van der Waals surface area (Å²) >= 11 is 0. The van der Waals surface area contributed by atoms with E-state index in [0.29, 0.717) is 0 Å². The summed E-state index contributed by atoms with van der Waals surface area (Å²) in [6.07, 6.45) is 30.5. The molecule has 0 aliphatic heterocycles. The van der Waals surface area contributed by atoms with Crippen molar-refractivity contribution < 1.29 is 0 Å². The molecule has 0 atom stereocenters. The smallest absolute Gasteiger partial charge is 0.0256 e.